The first kappa shape index (κ1) is 13.3. The summed E-state index contributed by atoms with van der Waals surface area (Å²) in [5.74, 6) is 0. The highest BCUT2D eigenvalue weighted by atomic mass is 16.3. The van der Waals surface area contributed by atoms with E-state index in [-0.39, 0.29) is 0 Å². The smallest absolute Gasteiger partial charge is 0.0774 e. The largest absolute Gasteiger partial charge is 0.389 e. The summed E-state index contributed by atoms with van der Waals surface area (Å²) in [5, 5.41) is 17.7. The summed E-state index contributed by atoms with van der Waals surface area (Å²) in [6.45, 7) is 4.03. The summed E-state index contributed by atoms with van der Waals surface area (Å²) in [4.78, 5) is 0. The quantitative estimate of drug-likeness (QED) is 0.361. The topological polar surface area (TPSA) is 20.2 Å². The zero-order chi connectivity index (χ0) is 15.3. The maximum absolute atomic E-state index is 10.5. The zero-order valence-electron chi connectivity index (χ0n) is 12.8. The van der Waals surface area contributed by atoms with Gasteiger partial charge in [-0.2, -0.15) is 0 Å². The van der Waals surface area contributed by atoms with E-state index in [2.05, 4.69) is 61.5 Å². The predicted octanol–water partition coefficient (Wildman–Crippen LogP) is 5.51. The summed E-state index contributed by atoms with van der Waals surface area (Å²) < 4.78 is 0. The van der Waals surface area contributed by atoms with Gasteiger partial charge in [0.05, 0.1) is 6.10 Å². The molecule has 1 heteroatoms. The molecule has 0 spiro atoms. The van der Waals surface area contributed by atoms with Gasteiger partial charge in [0.2, 0.25) is 0 Å². The lowest BCUT2D eigenvalue weighted by Gasteiger charge is -2.18. The second-order valence-corrected chi connectivity index (χ2v) is 5.97. The number of fused-ring (bicyclic) bond motifs is 4. The molecule has 0 aliphatic heterocycles. The molecule has 1 unspecified atom stereocenters. The third-order valence-electron chi connectivity index (χ3n) is 4.64. The van der Waals surface area contributed by atoms with Crippen LogP contribution in [0.4, 0.5) is 0 Å². The molecule has 0 saturated heterocycles. The SMILES string of the molecule is Cc1c2ccccc2c(C(C)O)c2c1ccc1ccccc12. The molecule has 0 fully saturated rings. The normalized spacial score (nSPS) is 13.0. The van der Waals surface area contributed by atoms with Crippen LogP contribution >= 0.6 is 0 Å². The number of benzene rings is 4. The first-order chi connectivity index (χ1) is 10.7. The lowest BCUT2D eigenvalue weighted by atomic mass is 9.87. The lowest BCUT2D eigenvalue weighted by molar-refractivity contribution is 0.202. The Labute approximate surface area is 129 Å². The maximum Gasteiger partial charge on any atom is 0.0774 e. The van der Waals surface area contributed by atoms with Crippen LogP contribution in [-0.4, -0.2) is 5.11 Å². The standard InChI is InChI=1S/C21H18O/c1-13-16-8-5-6-10-19(16)20(14(2)22)21-17(13)12-11-15-7-3-4-9-18(15)21/h3-12,14,22H,1-2H3. The molecule has 4 rings (SSSR count). The van der Waals surface area contributed by atoms with Crippen LogP contribution < -0.4 is 0 Å². The second-order valence-electron chi connectivity index (χ2n) is 5.97. The third kappa shape index (κ3) is 1.76. The van der Waals surface area contributed by atoms with Crippen molar-refractivity contribution in [2.24, 2.45) is 0 Å². The molecule has 0 saturated carbocycles. The van der Waals surface area contributed by atoms with Gasteiger partial charge in [0.15, 0.2) is 0 Å². The Bertz CT molecular complexity index is 1010. The highest BCUT2D eigenvalue weighted by Gasteiger charge is 2.16. The van der Waals surface area contributed by atoms with Crippen molar-refractivity contribution in [1.29, 1.82) is 0 Å². The molecule has 0 aliphatic carbocycles. The fraction of sp³-hybridized carbons (Fsp3) is 0.143. The Morgan fingerprint density at radius 3 is 2.09 bits per heavy atom. The minimum Gasteiger partial charge on any atom is -0.389 e. The molecule has 1 atom stereocenters. The molecule has 0 aliphatic rings. The van der Waals surface area contributed by atoms with Crippen LogP contribution in [0.5, 0.6) is 0 Å². The van der Waals surface area contributed by atoms with E-state index in [4.69, 9.17) is 0 Å². The van der Waals surface area contributed by atoms with Gasteiger partial charge >= 0.3 is 0 Å². The number of hydrogen-bond acceptors (Lipinski definition) is 1. The van der Waals surface area contributed by atoms with E-state index in [9.17, 15) is 5.11 Å². The molecular weight excluding hydrogens is 268 g/mol. The van der Waals surface area contributed by atoms with Crippen molar-refractivity contribution in [3.63, 3.8) is 0 Å². The molecule has 4 aromatic carbocycles. The van der Waals surface area contributed by atoms with Crippen molar-refractivity contribution < 1.29 is 5.11 Å². The highest BCUT2D eigenvalue weighted by molar-refractivity contribution is 6.16. The highest BCUT2D eigenvalue weighted by Crippen LogP contribution is 2.39. The second kappa shape index (κ2) is 4.82. The van der Waals surface area contributed by atoms with Gasteiger partial charge in [-0.25, -0.2) is 0 Å². The van der Waals surface area contributed by atoms with Crippen LogP contribution in [0, 0.1) is 6.92 Å². The number of aryl methyl sites for hydroxylation is 1. The number of aliphatic hydroxyl groups is 1. The van der Waals surface area contributed by atoms with Gasteiger partial charge in [-0.15, -0.1) is 0 Å². The number of rotatable bonds is 1. The van der Waals surface area contributed by atoms with Crippen molar-refractivity contribution in [3.8, 4) is 0 Å². The van der Waals surface area contributed by atoms with Crippen LogP contribution in [0.15, 0.2) is 60.7 Å². The van der Waals surface area contributed by atoms with Crippen LogP contribution in [-0.2, 0) is 0 Å². The summed E-state index contributed by atoms with van der Waals surface area (Å²) >= 11 is 0. The van der Waals surface area contributed by atoms with Gasteiger partial charge in [-0.1, -0.05) is 60.7 Å². The summed E-state index contributed by atoms with van der Waals surface area (Å²) in [7, 11) is 0. The number of hydrogen-bond donors (Lipinski definition) is 1. The zero-order valence-corrected chi connectivity index (χ0v) is 12.8. The van der Waals surface area contributed by atoms with Crippen molar-refractivity contribution in [2.75, 3.05) is 0 Å². The monoisotopic (exact) mass is 286 g/mol. The first-order valence-corrected chi connectivity index (χ1v) is 7.69. The van der Waals surface area contributed by atoms with Gasteiger partial charge in [0, 0.05) is 0 Å². The van der Waals surface area contributed by atoms with Gasteiger partial charge in [-0.05, 0) is 57.3 Å². The van der Waals surface area contributed by atoms with E-state index < -0.39 is 6.10 Å². The predicted molar refractivity (Wildman–Crippen MR) is 94.3 cm³/mol. The Kier molecular flexibility index (Phi) is 2.91. The van der Waals surface area contributed by atoms with Gasteiger partial charge in [0.25, 0.3) is 0 Å². The van der Waals surface area contributed by atoms with Crippen molar-refractivity contribution in [3.05, 3.63) is 71.8 Å². The van der Waals surface area contributed by atoms with Crippen LogP contribution in [0.25, 0.3) is 32.3 Å². The van der Waals surface area contributed by atoms with E-state index in [1.165, 1.54) is 32.5 Å². The molecule has 0 aromatic heterocycles. The summed E-state index contributed by atoms with van der Waals surface area (Å²) in [6.07, 6.45) is -0.501. The Morgan fingerprint density at radius 1 is 0.727 bits per heavy atom. The Hall–Kier alpha value is -2.38. The Morgan fingerprint density at radius 2 is 1.36 bits per heavy atom. The summed E-state index contributed by atoms with van der Waals surface area (Å²) in [6, 6.07) is 21.1. The molecule has 4 aromatic rings. The van der Waals surface area contributed by atoms with E-state index in [0.717, 1.165) is 10.9 Å². The van der Waals surface area contributed by atoms with Crippen LogP contribution in [0.1, 0.15) is 24.2 Å². The van der Waals surface area contributed by atoms with Crippen LogP contribution in [0.2, 0.25) is 0 Å². The van der Waals surface area contributed by atoms with E-state index >= 15 is 0 Å². The molecule has 1 N–H and O–H groups in total. The minimum absolute atomic E-state index is 0.501. The van der Waals surface area contributed by atoms with Crippen molar-refractivity contribution in [2.45, 2.75) is 20.0 Å². The molecule has 1 nitrogen and oxygen atoms in total. The first-order valence-electron chi connectivity index (χ1n) is 7.69. The molecule has 0 bridgehead atoms. The van der Waals surface area contributed by atoms with Gasteiger partial charge in [-0.3, -0.25) is 0 Å². The lowest BCUT2D eigenvalue weighted by Crippen LogP contribution is -1.98. The maximum atomic E-state index is 10.5. The molecule has 22 heavy (non-hydrogen) atoms. The number of aliphatic hydroxyl groups excluding tert-OH is 1. The van der Waals surface area contributed by atoms with Crippen molar-refractivity contribution in [1.82, 2.24) is 0 Å². The van der Waals surface area contributed by atoms with E-state index in [1.54, 1.807) is 0 Å². The molecule has 0 heterocycles. The van der Waals surface area contributed by atoms with Gasteiger partial charge in [0.1, 0.15) is 0 Å². The molecule has 0 radical (unpaired) electrons. The minimum atomic E-state index is -0.501. The van der Waals surface area contributed by atoms with E-state index in [0.29, 0.717) is 0 Å². The molecular formula is C21H18O. The van der Waals surface area contributed by atoms with Crippen LogP contribution in [0.3, 0.4) is 0 Å². The average molecular weight is 286 g/mol. The molecule has 0 amide bonds. The average Bonchev–Trinajstić information content (AvgIpc) is 2.54. The Balaban J connectivity index is 2.38. The summed E-state index contributed by atoms with van der Waals surface area (Å²) in [5.41, 5.74) is 2.31. The van der Waals surface area contributed by atoms with Crippen molar-refractivity contribution >= 4 is 32.3 Å². The van der Waals surface area contributed by atoms with E-state index in [1.807, 2.05) is 13.0 Å². The fourth-order valence-electron chi connectivity index (χ4n) is 3.63. The third-order valence-corrected chi connectivity index (χ3v) is 4.64. The molecule has 108 valence electrons. The van der Waals surface area contributed by atoms with Gasteiger partial charge < -0.3 is 5.11 Å². The fourth-order valence-corrected chi connectivity index (χ4v) is 3.63.